The van der Waals surface area contributed by atoms with Crippen molar-refractivity contribution in [1.82, 2.24) is 20.2 Å². The van der Waals surface area contributed by atoms with E-state index < -0.39 is 0 Å². The highest BCUT2D eigenvalue weighted by Crippen LogP contribution is 2.20. The van der Waals surface area contributed by atoms with Gasteiger partial charge in [-0.3, -0.25) is 19.5 Å². The van der Waals surface area contributed by atoms with Crippen molar-refractivity contribution in [3.63, 3.8) is 0 Å². The molecule has 0 saturated carbocycles. The molecule has 1 N–H and O–H groups in total. The molecule has 0 aliphatic carbocycles. The lowest BCUT2D eigenvalue weighted by Gasteiger charge is -2.18. The molecule has 2 amide bonds. The van der Waals surface area contributed by atoms with Crippen molar-refractivity contribution in [2.24, 2.45) is 10.1 Å². The Labute approximate surface area is 167 Å². The summed E-state index contributed by atoms with van der Waals surface area (Å²) < 4.78 is 5.73. The second-order valence-electron chi connectivity index (χ2n) is 6.62. The largest absolute Gasteiger partial charge is 0.494 e. The maximum atomic E-state index is 12.4. The van der Waals surface area contributed by atoms with Crippen molar-refractivity contribution < 1.29 is 14.3 Å². The third-order valence-corrected chi connectivity index (χ3v) is 4.55. The molecule has 4 rings (SSSR count). The first kappa shape index (κ1) is 18.8. The highest BCUT2D eigenvalue weighted by molar-refractivity contribution is 6.07. The molecule has 2 aliphatic rings. The van der Waals surface area contributed by atoms with E-state index in [2.05, 4.69) is 20.4 Å². The molecule has 2 aliphatic heterocycles. The molecule has 9 nitrogen and oxygen atoms in total. The molecule has 0 unspecified atom stereocenters. The fraction of sp³-hybridized carbons (Fsp3) is 0.250. The first-order valence-corrected chi connectivity index (χ1v) is 9.24. The lowest BCUT2D eigenvalue weighted by molar-refractivity contribution is -0.130. The van der Waals surface area contributed by atoms with E-state index in [0.29, 0.717) is 31.0 Å². The number of aromatic nitrogens is 1. The van der Waals surface area contributed by atoms with Gasteiger partial charge in [-0.1, -0.05) is 6.07 Å². The van der Waals surface area contributed by atoms with Gasteiger partial charge in [0.1, 0.15) is 18.0 Å². The quantitative estimate of drug-likeness (QED) is 0.567. The summed E-state index contributed by atoms with van der Waals surface area (Å²) >= 11 is 0. The standard InChI is InChI=1S/C20H20N6O3/c1-14-19-20(28)25(13-24-26(19)12-23-14)11-18(27)22-6-2-8-29-17-4-3-15-5-7-21-10-16(15)9-17/h3-5,7,9-10,12-13H,2,6,8,11H2,1H3,(H,22,27)/q+1. The monoisotopic (exact) mass is 392 g/mol. The Morgan fingerprint density at radius 3 is 3.07 bits per heavy atom. The average Bonchev–Trinajstić information content (AvgIpc) is 3.11. The van der Waals surface area contributed by atoms with Gasteiger partial charge in [0.2, 0.25) is 5.91 Å². The Morgan fingerprint density at radius 1 is 1.28 bits per heavy atom. The van der Waals surface area contributed by atoms with Crippen molar-refractivity contribution in [1.29, 1.82) is 0 Å². The molecule has 1 aromatic carbocycles. The topological polar surface area (TPSA) is 102 Å². The summed E-state index contributed by atoms with van der Waals surface area (Å²) in [5.74, 6) is 0.213. The van der Waals surface area contributed by atoms with Gasteiger partial charge in [-0.2, -0.15) is 4.99 Å². The van der Waals surface area contributed by atoms with E-state index in [-0.39, 0.29) is 18.4 Å². The second-order valence-corrected chi connectivity index (χ2v) is 6.62. The number of hydrazone groups is 1. The summed E-state index contributed by atoms with van der Waals surface area (Å²) in [5, 5.41) is 10.4. The molecule has 9 heteroatoms. The fourth-order valence-corrected chi connectivity index (χ4v) is 3.04. The number of pyridine rings is 1. The molecule has 147 valence electrons. The number of allylic oxidation sites excluding steroid dienone is 1. The lowest BCUT2D eigenvalue weighted by Crippen LogP contribution is -2.46. The minimum absolute atomic E-state index is 0.0918. The number of fused-ring (bicyclic) bond motifs is 2. The van der Waals surface area contributed by atoms with Crippen LogP contribution in [0, 0.1) is 0 Å². The molecule has 0 saturated heterocycles. The zero-order chi connectivity index (χ0) is 20.2. The van der Waals surface area contributed by atoms with E-state index >= 15 is 0 Å². The third kappa shape index (κ3) is 4.14. The van der Waals surface area contributed by atoms with Gasteiger partial charge < -0.3 is 10.1 Å². The first-order valence-electron chi connectivity index (χ1n) is 9.24. The number of aliphatic imine (C=N–C) groups is 1. The van der Waals surface area contributed by atoms with Gasteiger partial charge in [0.05, 0.1) is 11.6 Å². The summed E-state index contributed by atoms with van der Waals surface area (Å²) in [6.45, 7) is 2.55. The zero-order valence-electron chi connectivity index (χ0n) is 15.9. The second kappa shape index (κ2) is 8.19. The Hall–Kier alpha value is -3.59. The van der Waals surface area contributed by atoms with Gasteiger partial charge in [0.15, 0.2) is 6.34 Å². The number of carbonyl (C=O) groups excluding carboxylic acids is 2. The number of benzene rings is 1. The van der Waals surface area contributed by atoms with Crippen molar-refractivity contribution >= 4 is 35.3 Å². The summed E-state index contributed by atoms with van der Waals surface area (Å²) in [6.07, 6.45) is 7.01. The number of carbonyl (C=O) groups is 2. The van der Waals surface area contributed by atoms with Gasteiger partial charge in [-0.25, -0.2) is 0 Å². The van der Waals surface area contributed by atoms with E-state index in [1.807, 2.05) is 24.3 Å². The van der Waals surface area contributed by atoms with E-state index in [9.17, 15) is 9.59 Å². The molecule has 0 spiro atoms. The number of ether oxygens (including phenoxy) is 1. The van der Waals surface area contributed by atoms with Crippen LogP contribution in [0.25, 0.3) is 10.8 Å². The zero-order valence-corrected chi connectivity index (χ0v) is 15.9. The van der Waals surface area contributed by atoms with E-state index in [1.165, 1.54) is 22.6 Å². The van der Waals surface area contributed by atoms with Gasteiger partial charge in [-0.15, -0.1) is 0 Å². The Morgan fingerprint density at radius 2 is 2.17 bits per heavy atom. The number of nitrogens with one attached hydrogen (secondary N) is 1. The molecular formula is C20H20N6O3+. The molecule has 1 aromatic heterocycles. The predicted octanol–water partition coefficient (Wildman–Crippen LogP) is 1.32. The van der Waals surface area contributed by atoms with Crippen molar-refractivity contribution in [3.05, 3.63) is 48.1 Å². The minimum atomic E-state index is -0.292. The van der Waals surface area contributed by atoms with Crippen LogP contribution in [0.15, 0.2) is 58.1 Å². The maximum absolute atomic E-state index is 12.4. The van der Waals surface area contributed by atoms with Crippen LogP contribution >= 0.6 is 0 Å². The molecular weight excluding hydrogens is 372 g/mol. The molecule has 0 atom stereocenters. The molecule has 2 aromatic rings. The van der Waals surface area contributed by atoms with E-state index in [4.69, 9.17) is 4.74 Å². The highest BCUT2D eigenvalue weighted by atomic mass is 16.5. The summed E-state index contributed by atoms with van der Waals surface area (Å²) in [5.41, 5.74) is 0.957. The van der Waals surface area contributed by atoms with Crippen molar-refractivity contribution in [3.8, 4) is 5.75 Å². The van der Waals surface area contributed by atoms with E-state index in [0.717, 1.165) is 16.5 Å². The molecule has 0 fully saturated rings. The smallest absolute Gasteiger partial charge is 0.324 e. The van der Waals surface area contributed by atoms with Gasteiger partial charge >= 0.3 is 11.6 Å². The van der Waals surface area contributed by atoms with Crippen molar-refractivity contribution in [2.45, 2.75) is 13.3 Å². The van der Waals surface area contributed by atoms with Crippen LogP contribution in [-0.2, 0) is 9.59 Å². The van der Waals surface area contributed by atoms with Gasteiger partial charge in [-0.05, 0) is 42.0 Å². The summed E-state index contributed by atoms with van der Waals surface area (Å²) in [7, 11) is 0. The van der Waals surface area contributed by atoms with Crippen LogP contribution in [0.3, 0.4) is 0 Å². The number of nitrogens with zero attached hydrogens (tertiary/aromatic N) is 5. The fourth-order valence-electron chi connectivity index (χ4n) is 3.04. The normalized spacial score (nSPS) is 15.9. The van der Waals surface area contributed by atoms with Crippen LogP contribution in [0.4, 0.5) is 0 Å². The molecule has 0 bridgehead atoms. The van der Waals surface area contributed by atoms with Gasteiger partial charge in [0.25, 0.3) is 6.34 Å². The molecule has 29 heavy (non-hydrogen) atoms. The number of hydrogen-bond donors (Lipinski definition) is 1. The van der Waals surface area contributed by atoms with Crippen LogP contribution in [-0.4, -0.2) is 54.1 Å². The summed E-state index contributed by atoms with van der Waals surface area (Å²) in [6, 6.07) is 7.78. The van der Waals surface area contributed by atoms with E-state index in [1.54, 1.807) is 19.3 Å². The lowest BCUT2D eigenvalue weighted by atomic mass is 10.2. The van der Waals surface area contributed by atoms with Crippen LogP contribution in [0.2, 0.25) is 0 Å². The maximum Gasteiger partial charge on any atom is 0.324 e. The number of rotatable bonds is 7. The highest BCUT2D eigenvalue weighted by Gasteiger charge is 2.42. The SMILES string of the molecule is CC1=C2C(=O)N(CC(=O)NCCCOc3ccc4ccncc4c3)C=N[N+]2C=N1. The minimum Gasteiger partial charge on any atom is -0.494 e. The average molecular weight is 392 g/mol. The third-order valence-electron chi connectivity index (χ3n) is 4.55. The first-order chi connectivity index (χ1) is 14.1. The predicted molar refractivity (Wildman–Crippen MR) is 108 cm³/mol. The Balaban J connectivity index is 1.20. The molecule has 3 heterocycles. The van der Waals surface area contributed by atoms with Crippen molar-refractivity contribution in [2.75, 3.05) is 19.7 Å². The van der Waals surface area contributed by atoms with Crippen LogP contribution in [0.5, 0.6) is 5.75 Å². The Kier molecular flexibility index (Phi) is 5.30. The summed E-state index contributed by atoms with van der Waals surface area (Å²) in [4.78, 5) is 34.0. The van der Waals surface area contributed by atoms with Gasteiger partial charge in [0, 0.05) is 24.3 Å². The number of amides is 2. The Bertz CT molecular complexity index is 1050. The number of hydrogen-bond acceptors (Lipinski definition) is 7. The molecule has 1 radical (unpaired) electrons. The van der Waals surface area contributed by atoms with Crippen LogP contribution in [0.1, 0.15) is 13.3 Å². The van der Waals surface area contributed by atoms with Crippen LogP contribution < -0.4 is 15.1 Å².